The lowest BCUT2D eigenvalue weighted by Crippen LogP contribution is -2.18. The smallest absolute Gasteiger partial charge is 0.338 e. The first-order valence-electron chi connectivity index (χ1n) is 10.2. The van der Waals surface area contributed by atoms with Gasteiger partial charge in [-0.25, -0.2) is 4.79 Å². The zero-order valence-corrected chi connectivity index (χ0v) is 17.3. The zero-order chi connectivity index (χ0) is 21.3. The molecule has 4 heteroatoms. The van der Waals surface area contributed by atoms with E-state index in [0.717, 1.165) is 23.2 Å². The molecule has 152 valence electrons. The van der Waals surface area contributed by atoms with Crippen LogP contribution >= 0.6 is 0 Å². The number of nitriles is 1. The molecule has 2 atom stereocenters. The third-order valence-electron chi connectivity index (χ3n) is 5.27. The fraction of sp³-hybridized carbons (Fsp3) is 0.231. The van der Waals surface area contributed by atoms with E-state index in [1.807, 2.05) is 66.7 Å². The molecular weight excluding hydrogens is 372 g/mol. The summed E-state index contributed by atoms with van der Waals surface area (Å²) in [5.74, 6) is 0.0596. The normalized spacial score (nSPS) is 12.4. The van der Waals surface area contributed by atoms with Crippen LogP contribution in [0.2, 0.25) is 0 Å². The van der Waals surface area contributed by atoms with E-state index in [4.69, 9.17) is 10.00 Å². The minimum absolute atomic E-state index is 0.110. The first-order chi connectivity index (χ1) is 14.6. The fourth-order valence-corrected chi connectivity index (χ4v) is 3.24. The maximum atomic E-state index is 12.3. The number of anilines is 1. The van der Waals surface area contributed by atoms with Gasteiger partial charge in [-0.1, -0.05) is 62.7 Å². The van der Waals surface area contributed by atoms with Crippen molar-refractivity contribution in [3.63, 3.8) is 0 Å². The molecular formula is C26H26N2O2. The van der Waals surface area contributed by atoms with Crippen LogP contribution in [-0.2, 0) is 11.3 Å². The van der Waals surface area contributed by atoms with Gasteiger partial charge in [0.1, 0.15) is 6.61 Å². The van der Waals surface area contributed by atoms with Crippen LogP contribution in [0.5, 0.6) is 0 Å². The second kappa shape index (κ2) is 10.3. The number of nitrogens with zero attached hydrogens (tertiary/aromatic N) is 1. The monoisotopic (exact) mass is 398 g/mol. The third-order valence-corrected chi connectivity index (χ3v) is 5.27. The molecule has 1 N–H and O–H groups in total. The van der Waals surface area contributed by atoms with Crippen LogP contribution in [0.4, 0.5) is 5.69 Å². The van der Waals surface area contributed by atoms with Crippen molar-refractivity contribution >= 4 is 11.7 Å². The van der Waals surface area contributed by atoms with Gasteiger partial charge in [0, 0.05) is 5.69 Å². The Kier molecular flexibility index (Phi) is 7.24. The predicted octanol–water partition coefficient (Wildman–Crippen LogP) is 6.11. The summed E-state index contributed by atoms with van der Waals surface area (Å²) < 4.78 is 5.40. The van der Waals surface area contributed by atoms with E-state index < -0.39 is 0 Å². The molecule has 0 aliphatic rings. The first kappa shape index (κ1) is 21.1. The van der Waals surface area contributed by atoms with Crippen LogP contribution in [0.3, 0.4) is 0 Å². The van der Waals surface area contributed by atoms with Gasteiger partial charge in [0.2, 0.25) is 0 Å². The topological polar surface area (TPSA) is 62.1 Å². The van der Waals surface area contributed by atoms with E-state index >= 15 is 0 Å². The van der Waals surface area contributed by atoms with Gasteiger partial charge in [-0.15, -0.1) is 0 Å². The van der Waals surface area contributed by atoms with E-state index in [0.29, 0.717) is 17.0 Å². The first-order valence-corrected chi connectivity index (χ1v) is 10.2. The summed E-state index contributed by atoms with van der Waals surface area (Å²) in [6.07, 6.45) is 1.02. The number of carbonyl (C=O) groups excluding carboxylic acids is 1. The SMILES string of the molecule is CCC(C)[C@H](Nc1ccc(C(=O)OCc2ccccc2)cc1)c1ccc(C#N)cc1. The molecule has 3 aromatic rings. The summed E-state index contributed by atoms with van der Waals surface area (Å²) in [4.78, 5) is 12.3. The number of rotatable bonds is 8. The number of carbonyl (C=O) groups is 1. The number of benzene rings is 3. The van der Waals surface area contributed by atoms with E-state index in [1.165, 1.54) is 0 Å². The van der Waals surface area contributed by atoms with Gasteiger partial charge in [-0.3, -0.25) is 0 Å². The van der Waals surface area contributed by atoms with E-state index in [1.54, 1.807) is 12.1 Å². The molecule has 4 nitrogen and oxygen atoms in total. The van der Waals surface area contributed by atoms with Crippen LogP contribution in [0.15, 0.2) is 78.9 Å². The molecule has 0 fully saturated rings. The summed E-state index contributed by atoms with van der Waals surface area (Å²) in [6, 6.07) is 27.0. The number of nitrogens with one attached hydrogen (secondary N) is 1. The summed E-state index contributed by atoms with van der Waals surface area (Å²) in [5.41, 5.74) is 4.21. The van der Waals surface area contributed by atoms with E-state index in [-0.39, 0.29) is 18.6 Å². The highest BCUT2D eigenvalue weighted by atomic mass is 16.5. The molecule has 0 aromatic heterocycles. The maximum absolute atomic E-state index is 12.3. The van der Waals surface area contributed by atoms with Crippen molar-refractivity contribution in [1.82, 2.24) is 0 Å². The van der Waals surface area contributed by atoms with Crippen molar-refractivity contribution in [2.75, 3.05) is 5.32 Å². The molecule has 0 saturated carbocycles. The summed E-state index contributed by atoms with van der Waals surface area (Å²) >= 11 is 0. The molecule has 0 radical (unpaired) electrons. The van der Waals surface area contributed by atoms with Crippen molar-refractivity contribution in [1.29, 1.82) is 5.26 Å². The lowest BCUT2D eigenvalue weighted by atomic mass is 9.91. The van der Waals surface area contributed by atoms with Gasteiger partial charge in [0.15, 0.2) is 0 Å². The van der Waals surface area contributed by atoms with Crippen LogP contribution in [0.1, 0.15) is 53.4 Å². The van der Waals surface area contributed by atoms with E-state index in [2.05, 4.69) is 25.2 Å². The van der Waals surface area contributed by atoms with Crippen molar-refractivity contribution in [2.24, 2.45) is 5.92 Å². The number of ether oxygens (including phenoxy) is 1. The average molecular weight is 399 g/mol. The van der Waals surface area contributed by atoms with Gasteiger partial charge in [-0.2, -0.15) is 5.26 Å². The molecule has 30 heavy (non-hydrogen) atoms. The Bertz CT molecular complexity index is 990. The number of hydrogen-bond acceptors (Lipinski definition) is 4. The van der Waals surface area contributed by atoms with Gasteiger partial charge < -0.3 is 10.1 Å². The van der Waals surface area contributed by atoms with E-state index in [9.17, 15) is 4.79 Å². The Hall–Kier alpha value is -3.58. The van der Waals surface area contributed by atoms with Crippen LogP contribution in [-0.4, -0.2) is 5.97 Å². The zero-order valence-electron chi connectivity index (χ0n) is 17.3. The molecule has 0 aliphatic heterocycles. The Labute approximate surface area is 178 Å². The molecule has 1 unspecified atom stereocenters. The van der Waals surface area contributed by atoms with Gasteiger partial charge in [0.05, 0.1) is 23.2 Å². The second-order valence-corrected chi connectivity index (χ2v) is 7.38. The standard InChI is InChI=1S/C26H26N2O2/c1-3-19(2)25(22-11-9-20(17-27)10-12-22)28-24-15-13-23(14-16-24)26(29)30-18-21-7-5-4-6-8-21/h4-16,19,25,28H,3,18H2,1-2H3/t19?,25-/m0/s1. The van der Waals surface area contributed by atoms with Gasteiger partial charge in [0.25, 0.3) is 0 Å². The lowest BCUT2D eigenvalue weighted by molar-refractivity contribution is 0.0473. The van der Waals surface area contributed by atoms with Gasteiger partial charge in [-0.05, 0) is 53.4 Å². The van der Waals surface area contributed by atoms with Crippen LogP contribution < -0.4 is 5.32 Å². The molecule has 0 amide bonds. The Morgan fingerprint density at radius 1 is 1.00 bits per heavy atom. The average Bonchev–Trinajstić information content (AvgIpc) is 2.81. The largest absolute Gasteiger partial charge is 0.457 e. The van der Waals surface area contributed by atoms with Crippen molar-refractivity contribution in [3.05, 3.63) is 101 Å². The summed E-state index contributed by atoms with van der Waals surface area (Å²) in [6.45, 7) is 4.62. The quantitative estimate of drug-likeness (QED) is 0.465. The Balaban J connectivity index is 1.67. The highest BCUT2D eigenvalue weighted by Crippen LogP contribution is 2.29. The molecule has 3 aromatic carbocycles. The molecule has 0 heterocycles. The molecule has 0 saturated heterocycles. The minimum Gasteiger partial charge on any atom is -0.457 e. The lowest BCUT2D eigenvalue weighted by Gasteiger charge is -2.26. The summed E-state index contributed by atoms with van der Waals surface area (Å²) in [7, 11) is 0. The molecule has 3 rings (SSSR count). The Morgan fingerprint density at radius 2 is 1.67 bits per heavy atom. The molecule has 0 bridgehead atoms. The molecule has 0 spiro atoms. The van der Waals surface area contributed by atoms with Crippen molar-refractivity contribution in [2.45, 2.75) is 32.9 Å². The predicted molar refractivity (Wildman–Crippen MR) is 119 cm³/mol. The van der Waals surface area contributed by atoms with Crippen molar-refractivity contribution < 1.29 is 9.53 Å². The third kappa shape index (κ3) is 5.48. The highest BCUT2D eigenvalue weighted by Gasteiger charge is 2.18. The number of esters is 1. The van der Waals surface area contributed by atoms with Gasteiger partial charge >= 0.3 is 5.97 Å². The highest BCUT2D eigenvalue weighted by molar-refractivity contribution is 5.89. The maximum Gasteiger partial charge on any atom is 0.338 e. The fourth-order valence-electron chi connectivity index (χ4n) is 3.24. The summed E-state index contributed by atoms with van der Waals surface area (Å²) in [5, 5.41) is 12.6. The second-order valence-electron chi connectivity index (χ2n) is 7.38. The molecule has 0 aliphatic carbocycles. The number of hydrogen-bond donors (Lipinski definition) is 1. The van der Waals surface area contributed by atoms with Crippen LogP contribution in [0, 0.1) is 17.2 Å². The van der Waals surface area contributed by atoms with Crippen LogP contribution in [0.25, 0.3) is 0 Å². The Morgan fingerprint density at radius 3 is 2.27 bits per heavy atom. The van der Waals surface area contributed by atoms with Crippen molar-refractivity contribution in [3.8, 4) is 6.07 Å². The minimum atomic E-state index is -0.337.